The monoisotopic (exact) mass is 271 g/mol. The molecule has 1 unspecified atom stereocenters. The Morgan fingerprint density at radius 2 is 1.65 bits per heavy atom. The van der Waals surface area contributed by atoms with Gasteiger partial charge in [-0.05, 0) is 38.3 Å². The van der Waals surface area contributed by atoms with Gasteiger partial charge in [0.2, 0.25) is 0 Å². The van der Waals surface area contributed by atoms with Crippen molar-refractivity contribution in [3.05, 3.63) is 70.5 Å². The highest BCUT2D eigenvalue weighted by atomic mass is 19.1. The molecule has 2 aromatic carbocycles. The van der Waals surface area contributed by atoms with Crippen molar-refractivity contribution in [2.24, 2.45) is 5.73 Å². The van der Waals surface area contributed by atoms with Crippen LogP contribution >= 0.6 is 0 Å². The molecular weight excluding hydrogens is 249 g/mol. The summed E-state index contributed by atoms with van der Waals surface area (Å²) in [5, 5.41) is 0. The predicted molar refractivity (Wildman–Crippen MR) is 82.2 cm³/mol. The van der Waals surface area contributed by atoms with E-state index in [4.69, 9.17) is 5.73 Å². The van der Waals surface area contributed by atoms with Crippen LogP contribution in [-0.4, -0.2) is 0 Å². The van der Waals surface area contributed by atoms with Crippen LogP contribution in [0, 0.1) is 19.7 Å². The third-order valence-corrected chi connectivity index (χ3v) is 3.84. The van der Waals surface area contributed by atoms with Crippen molar-refractivity contribution in [1.29, 1.82) is 0 Å². The Kier molecular flexibility index (Phi) is 4.24. The number of rotatable bonds is 4. The first-order valence-corrected chi connectivity index (χ1v) is 7.05. The quantitative estimate of drug-likeness (QED) is 0.884. The highest BCUT2D eigenvalue weighted by molar-refractivity contribution is 5.33. The van der Waals surface area contributed by atoms with Crippen LogP contribution in [0.15, 0.2) is 42.5 Å². The molecule has 2 rings (SSSR count). The zero-order chi connectivity index (χ0) is 14.8. The van der Waals surface area contributed by atoms with Crippen molar-refractivity contribution >= 4 is 0 Å². The molecular formula is C18H22FN. The maximum Gasteiger partial charge on any atom is 0.128 e. The highest BCUT2D eigenvalue weighted by Crippen LogP contribution is 2.29. The summed E-state index contributed by atoms with van der Waals surface area (Å²) in [5.74, 6) is -0.221. The Morgan fingerprint density at radius 3 is 2.20 bits per heavy atom. The van der Waals surface area contributed by atoms with Gasteiger partial charge in [0, 0.05) is 11.1 Å². The lowest BCUT2D eigenvalue weighted by molar-refractivity contribution is 0.402. The molecule has 0 heterocycles. The lowest BCUT2D eigenvalue weighted by Crippen LogP contribution is -2.39. The van der Waals surface area contributed by atoms with Gasteiger partial charge < -0.3 is 5.73 Å². The van der Waals surface area contributed by atoms with Crippen LogP contribution in [0.25, 0.3) is 0 Å². The molecule has 0 fully saturated rings. The van der Waals surface area contributed by atoms with Gasteiger partial charge in [0.05, 0.1) is 0 Å². The molecule has 2 heteroatoms. The van der Waals surface area contributed by atoms with E-state index in [1.165, 1.54) is 17.2 Å². The van der Waals surface area contributed by atoms with Gasteiger partial charge in [-0.2, -0.15) is 0 Å². The summed E-state index contributed by atoms with van der Waals surface area (Å²) >= 11 is 0. The second kappa shape index (κ2) is 5.76. The molecule has 0 saturated carbocycles. The van der Waals surface area contributed by atoms with E-state index in [-0.39, 0.29) is 5.82 Å². The highest BCUT2D eigenvalue weighted by Gasteiger charge is 2.28. The standard InChI is InChI=1S/C18H22FN/c1-4-18(20,16-7-5-6-8-17(16)19)12-15-10-13(2)9-14(3)11-15/h5-11H,4,12,20H2,1-3H3. The zero-order valence-corrected chi connectivity index (χ0v) is 12.4. The SMILES string of the molecule is CCC(N)(Cc1cc(C)cc(C)c1)c1ccccc1F. The molecule has 0 aliphatic carbocycles. The summed E-state index contributed by atoms with van der Waals surface area (Å²) in [4.78, 5) is 0. The van der Waals surface area contributed by atoms with Gasteiger partial charge in [-0.1, -0.05) is 54.4 Å². The number of aryl methyl sites for hydroxylation is 2. The first-order valence-electron chi connectivity index (χ1n) is 7.05. The van der Waals surface area contributed by atoms with Crippen LogP contribution in [0.1, 0.15) is 35.6 Å². The molecule has 0 aromatic heterocycles. The summed E-state index contributed by atoms with van der Waals surface area (Å²) in [6.07, 6.45) is 1.34. The van der Waals surface area contributed by atoms with Gasteiger partial charge in [-0.15, -0.1) is 0 Å². The van der Waals surface area contributed by atoms with E-state index in [0.717, 1.165) is 5.56 Å². The minimum Gasteiger partial charge on any atom is -0.321 e. The van der Waals surface area contributed by atoms with Gasteiger partial charge in [0.15, 0.2) is 0 Å². The van der Waals surface area contributed by atoms with E-state index in [1.807, 2.05) is 13.0 Å². The number of nitrogens with two attached hydrogens (primary N) is 1. The number of benzene rings is 2. The van der Waals surface area contributed by atoms with Gasteiger partial charge in [0.1, 0.15) is 5.82 Å². The summed E-state index contributed by atoms with van der Waals surface area (Å²) < 4.78 is 14.1. The molecule has 1 nitrogen and oxygen atoms in total. The largest absolute Gasteiger partial charge is 0.321 e. The van der Waals surface area contributed by atoms with Crippen LogP contribution in [0.2, 0.25) is 0 Å². The Bertz CT molecular complexity index is 586. The van der Waals surface area contributed by atoms with E-state index in [9.17, 15) is 4.39 Å². The Morgan fingerprint density at radius 1 is 1.05 bits per heavy atom. The van der Waals surface area contributed by atoms with Crippen LogP contribution in [0.5, 0.6) is 0 Å². The minimum atomic E-state index is -0.661. The number of hydrogen-bond acceptors (Lipinski definition) is 1. The van der Waals surface area contributed by atoms with E-state index in [2.05, 4.69) is 32.0 Å². The van der Waals surface area contributed by atoms with Crippen molar-refractivity contribution in [1.82, 2.24) is 0 Å². The fourth-order valence-electron chi connectivity index (χ4n) is 2.81. The first kappa shape index (κ1) is 14.7. The molecule has 0 aliphatic heterocycles. The van der Waals surface area contributed by atoms with Gasteiger partial charge in [-0.3, -0.25) is 0 Å². The lowest BCUT2D eigenvalue weighted by atomic mass is 9.82. The molecule has 0 radical (unpaired) electrons. The second-order valence-electron chi connectivity index (χ2n) is 5.66. The summed E-state index contributed by atoms with van der Waals surface area (Å²) in [6.45, 7) is 6.16. The molecule has 0 bridgehead atoms. The average Bonchev–Trinajstić information content (AvgIpc) is 2.37. The summed E-state index contributed by atoms with van der Waals surface area (Å²) in [7, 11) is 0. The Hall–Kier alpha value is -1.67. The third-order valence-electron chi connectivity index (χ3n) is 3.84. The van der Waals surface area contributed by atoms with Crippen molar-refractivity contribution in [3.63, 3.8) is 0 Å². The normalized spacial score (nSPS) is 14.1. The first-order chi connectivity index (χ1) is 9.44. The Labute approximate surface area is 120 Å². The molecule has 0 aliphatic rings. The molecule has 2 N–H and O–H groups in total. The van der Waals surface area contributed by atoms with Gasteiger partial charge >= 0.3 is 0 Å². The average molecular weight is 271 g/mol. The van der Waals surface area contributed by atoms with Gasteiger partial charge in [-0.25, -0.2) is 4.39 Å². The summed E-state index contributed by atoms with van der Waals surface area (Å²) in [5.41, 5.74) is 10.0. The van der Waals surface area contributed by atoms with Crippen molar-refractivity contribution in [2.75, 3.05) is 0 Å². The maximum atomic E-state index is 14.1. The number of halogens is 1. The smallest absolute Gasteiger partial charge is 0.128 e. The van der Waals surface area contributed by atoms with E-state index in [1.54, 1.807) is 12.1 Å². The molecule has 20 heavy (non-hydrogen) atoms. The van der Waals surface area contributed by atoms with Crippen LogP contribution in [0.4, 0.5) is 4.39 Å². The van der Waals surface area contributed by atoms with Crippen molar-refractivity contribution < 1.29 is 4.39 Å². The van der Waals surface area contributed by atoms with Gasteiger partial charge in [0.25, 0.3) is 0 Å². The van der Waals surface area contributed by atoms with Crippen LogP contribution in [0.3, 0.4) is 0 Å². The maximum absolute atomic E-state index is 14.1. The molecule has 0 saturated heterocycles. The molecule has 1 atom stereocenters. The zero-order valence-electron chi connectivity index (χ0n) is 12.4. The van der Waals surface area contributed by atoms with E-state index < -0.39 is 5.54 Å². The molecule has 0 spiro atoms. The third kappa shape index (κ3) is 3.07. The minimum absolute atomic E-state index is 0.221. The van der Waals surface area contributed by atoms with Crippen LogP contribution < -0.4 is 5.73 Å². The number of hydrogen-bond donors (Lipinski definition) is 1. The van der Waals surface area contributed by atoms with Crippen molar-refractivity contribution in [3.8, 4) is 0 Å². The lowest BCUT2D eigenvalue weighted by Gasteiger charge is -2.29. The molecule has 0 amide bonds. The summed E-state index contributed by atoms with van der Waals surface area (Å²) in [6, 6.07) is 13.2. The molecule has 106 valence electrons. The Balaban J connectivity index is 2.39. The van der Waals surface area contributed by atoms with Crippen molar-refractivity contribution in [2.45, 2.75) is 39.2 Å². The second-order valence-corrected chi connectivity index (χ2v) is 5.66. The fraction of sp³-hybridized carbons (Fsp3) is 0.333. The topological polar surface area (TPSA) is 26.0 Å². The van der Waals surface area contributed by atoms with E-state index >= 15 is 0 Å². The van der Waals surface area contributed by atoms with Crippen LogP contribution in [-0.2, 0) is 12.0 Å². The molecule has 2 aromatic rings. The fourth-order valence-corrected chi connectivity index (χ4v) is 2.81. The predicted octanol–water partition coefficient (Wildman–Crippen LogP) is 4.25. The van der Waals surface area contributed by atoms with E-state index in [0.29, 0.717) is 18.4 Å².